The predicted molar refractivity (Wildman–Crippen MR) is 123 cm³/mol. The maximum atomic E-state index is 12.8. The summed E-state index contributed by atoms with van der Waals surface area (Å²) in [4.78, 5) is 63.6. The first-order valence-corrected chi connectivity index (χ1v) is 10.7. The van der Waals surface area contributed by atoms with Gasteiger partial charge >= 0.3 is 5.69 Å². The molecule has 12 heteroatoms. The van der Waals surface area contributed by atoms with Crippen LogP contribution >= 0.6 is 0 Å². The number of anilines is 1. The molecule has 2 unspecified atom stereocenters. The van der Waals surface area contributed by atoms with Crippen LogP contribution in [0.4, 0.5) is 5.69 Å². The van der Waals surface area contributed by atoms with Gasteiger partial charge in [0, 0.05) is 36.0 Å². The van der Waals surface area contributed by atoms with Crippen LogP contribution in [-0.4, -0.2) is 56.0 Å². The van der Waals surface area contributed by atoms with Crippen LogP contribution < -0.4 is 22.3 Å². The number of aliphatic hydroxyl groups is 1. The quantitative estimate of drug-likeness (QED) is 0.376. The number of furan rings is 1. The summed E-state index contributed by atoms with van der Waals surface area (Å²) < 4.78 is 6.78. The summed E-state index contributed by atoms with van der Waals surface area (Å²) in [7, 11) is 0. The molecule has 12 nitrogen and oxygen atoms in total. The molecule has 1 aliphatic heterocycles. The number of nitrogens with one attached hydrogen (secondary N) is 2. The van der Waals surface area contributed by atoms with Gasteiger partial charge in [-0.3, -0.25) is 28.7 Å². The highest BCUT2D eigenvalue weighted by Crippen LogP contribution is 2.27. The van der Waals surface area contributed by atoms with Crippen LogP contribution in [0.3, 0.4) is 0 Å². The number of primary amides is 1. The van der Waals surface area contributed by atoms with Crippen LogP contribution in [-0.2, 0) is 16.1 Å². The highest BCUT2D eigenvalue weighted by atomic mass is 16.4. The second-order valence-corrected chi connectivity index (χ2v) is 8.26. The van der Waals surface area contributed by atoms with E-state index < -0.39 is 41.1 Å². The summed E-state index contributed by atoms with van der Waals surface area (Å²) in [5.74, 6) is -1.45. The first-order chi connectivity index (χ1) is 16.6. The summed E-state index contributed by atoms with van der Waals surface area (Å²) >= 11 is 0. The van der Waals surface area contributed by atoms with Gasteiger partial charge in [-0.2, -0.15) is 0 Å². The molecule has 35 heavy (non-hydrogen) atoms. The van der Waals surface area contributed by atoms with Crippen molar-refractivity contribution in [3.8, 4) is 11.3 Å². The Kier molecular flexibility index (Phi) is 6.38. The van der Waals surface area contributed by atoms with Crippen LogP contribution in [0.1, 0.15) is 22.5 Å². The van der Waals surface area contributed by atoms with Crippen LogP contribution in [0.5, 0.6) is 0 Å². The molecule has 3 heterocycles. The zero-order valence-electron chi connectivity index (χ0n) is 18.7. The first kappa shape index (κ1) is 23.7. The van der Waals surface area contributed by atoms with E-state index >= 15 is 0 Å². The minimum Gasteiger partial charge on any atom is -0.451 e. The van der Waals surface area contributed by atoms with Gasteiger partial charge in [-0.25, -0.2) is 4.79 Å². The molecular weight excluding hydrogens is 458 g/mol. The van der Waals surface area contributed by atoms with E-state index in [0.717, 1.165) is 4.57 Å². The van der Waals surface area contributed by atoms with Gasteiger partial charge in [0.15, 0.2) is 5.76 Å². The Morgan fingerprint density at radius 3 is 2.74 bits per heavy atom. The second-order valence-electron chi connectivity index (χ2n) is 8.26. The third-order valence-electron chi connectivity index (χ3n) is 5.62. The van der Waals surface area contributed by atoms with Gasteiger partial charge in [-0.05, 0) is 31.2 Å². The number of benzene rings is 1. The van der Waals surface area contributed by atoms with Crippen molar-refractivity contribution in [3.05, 3.63) is 74.8 Å². The number of aliphatic hydroxyl groups excluding tert-OH is 1. The van der Waals surface area contributed by atoms with Gasteiger partial charge in [0.1, 0.15) is 18.3 Å². The maximum absolute atomic E-state index is 12.8. The molecule has 3 aromatic rings. The molecule has 0 bridgehead atoms. The number of likely N-dealkylation sites (tertiary alicyclic amines) is 1. The van der Waals surface area contributed by atoms with Crippen molar-refractivity contribution >= 4 is 23.4 Å². The van der Waals surface area contributed by atoms with E-state index in [1.807, 2.05) is 0 Å². The molecule has 1 aliphatic rings. The Hall–Kier alpha value is -4.45. The van der Waals surface area contributed by atoms with E-state index in [0.29, 0.717) is 22.6 Å². The van der Waals surface area contributed by atoms with E-state index in [4.69, 9.17) is 10.2 Å². The highest BCUT2D eigenvalue weighted by Gasteiger charge is 2.39. The molecule has 5 N–H and O–H groups in total. The van der Waals surface area contributed by atoms with Gasteiger partial charge in [-0.1, -0.05) is 12.1 Å². The number of aryl methyl sites for hydroxylation is 1. The Morgan fingerprint density at radius 2 is 2.00 bits per heavy atom. The van der Waals surface area contributed by atoms with Gasteiger partial charge in [0.2, 0.25) is 11.8 Å². The van der Waals surface area contributed by atoms with E-state index in [9.17, 15) is 29.1 Å². The molecule has 182 valence electrons. The van der Waals surface area contributed by atoms with Crippen molar-refractivity contribution < 1.29 is 23.9 Å². The van der Waals surface area contributed by atoms with Crippen LogP contribution in [0.15, 0.2) is 56.6 Å². The van der Waals surface area contributed by atoms with E-state index in [1.54, 1.807) is 30.3 Å². The second kappa shape index (κ2) is 9.43. The number of amides is 3. The van der Waals surface area contributed by atoms with Crippen molar-refractivity contribution in [2.24, 2.45) is 5.73 Å². The SMILES string of the molecule is Cc1cn(CC(=O)Nc2cccc(-c3ccc(C(=O)N4CC(O)CC4C(N)=O)o3)c2)c(=O)[nH]c1=O. The largest absolute Gasteiger partial charge is 0.451 e. The summed E-state index contributed by atoms with van der Waals surface area (Å²) in [5, 5.41) is 12.5. The van der Waals surface area contributed by atoms with Crippen molar-refractivity contribution in [1.82, 2.24) is 14.5 Å². The number of nitrogens with zero attached hydrogens (tertiary/aromatic N) is 2. The van der Waals surface area contributed by atoms with Gasteiger partial charge in [0.25, 0.3) is 11.5 Å². The first-order valence-electron chi connectivity index (χ1n) is 10.7. The van der Waals surface area contributed by atoms with Crippen LogP contribution in [0.2, 0.25) is 0 Å². The third kappa shape index (κ3) is 5.06. The Bertz CT molecular complexity index is 1420. The Morgan fingerprint density at radius 1 is 1.23 bits per heavy atom. The van der Waals surface area contributed by atoms with Crippen molar-refractivity contribution in [3.63, 3.8) is 0 Å². The summed E-state index contributed by atoms with van der Waals surface area (Å²) in [5.41, 5.74) is 5.42. The molecule has 1 saturated heterocycles. The van der Waals surface area contributed by atoms with Gasteiger partial charge in [-0.15, -0.1) is 0 Å². The number of carbonyl (C=O) groups is 3. The number of hydrogen-bond acceptors (Lipinski definition) is 7. The number of aromatic amines is 1. The number of H-pyrrole nitrogens is 1. The topological polar surface area (TPSA) is 181 Å². The number of aromatic nitrogens is 2. The van der Waals surface area contributed by atoms with Gasteiger partial charge in [0.05, 0.1) is 6.10 Å². The number of hydrogen-bond donors (Lipinski definition) is 4. The highest BCUT2D eigenvalue weighted by molar-refractivity contribution is 5.96. The zero-order valence-corrected chi connectivity index (χ0v) is 18.7. The number of rotatable bonds is 6. The lowest BCUT2D eigenvalue weighted by molar-refractivity contribution is -0.121. The Balaban J connectivity index is 1.48. The smallest absolute Gasteiger partial charge is 0.328 e. The number of β-amino-alcohol motifs (C(OH)–C–C–N with tert-alkyl or cyclic N) is 1. The average molecular weight is 481 g/mol. The van der Waals surface area contributed by atoms with E-state index in [-0.39, 0.29) is 25.3 Å². The number of carbonyl (C=O) groups excluding carboxylic acids is 3. The fourth-order valence-corrected chi connectivity index (χ4v) is 3.90. The molecule has 1 fully saturated rings. The van der Waals surface area contributed by atoms with Gasteiger partial charge < -0.3 is 25.5 Å². The van der Waals surface area contributed by atoms with E-state index in [1.165, 1.54) is 24.1 Å². The molecule has 4 rings (SSSR count). The fourth-order valence-electron chi connectivity index (χ4n) is 3.90. The average Bonchev–Trinajstić information content (AvgIpc) is 3.44. The lowest BCUT2D eigenvalue weighted by atomic mass is 10.1. The molecule has 3 amide bonds. The molecule has 0 saturated carbocycles. The molecule has 0 spiro atoms. The van der Waals surface area contributed by atoms with Crippen LogP contribution in [0, 0.1) is 6.92 Å². The molecule has 0 aliphatic carbocycles. The molecule has 2 atom stereocenters. The monoisotopic (exact) mass is 481 g/mol. The van der Waals surface area contributed by atoms with Crippen molar-refractivity contribution in [2.75, 3.05) is 11.9 Å². The lowest BCUT2D eigenvalue weighted by Crippen LogP contribution is -2.43. The zero-order chi connectivity index (χ0) is 25.3. The van der Waals surface area contributed by atoms with E-state index in [2.05, 4.69) is 10.3 Å². The molecule has 2 aromatic heterocycles. The molecular formula is C23H23N5O7. The van der Waals surface area contributed by atoms with Crippen molar-refractivity contribution in [1.29, 1.82) is 0 Å². The fraction of sp³-hybridized carbons (Fsp3) is 0.261. The Labute approximate surface area is 198 Å². The van der Waals surface area contributed by atoms with Crippen molar-refractivity contribution in [2.45, 2.75) is 32.0 Å². The maximum Gasteiger partial charge on any atom is 0.328 e. The standard InChI is InChI=1S/C23H23N5O7/c1-12-9-27(23(34)26-21(12)32)11-19(30)25-14-4-2-3-13(7-14)17-5-6-18(35-17)22(33)28-10-15(29)8-16(28)20(24)31/h2-7,9,15-16,29H,8,10-11H2,1H3,(H2,24,31)(H,25,30)(H,26,32,34). The minimum atomic E-state index is -0.914. The molecule has 1 aromatic carbocycles. The summed E-state index contributed by atoms with van der Waals surface area (Å²) in [6, 6.07) is 8.76. The normalized spacial score (nSPS) is 17.4. The summed E-state index contributed by atoms with van der Waals surface area (Å²) in [6.45, 7) is 1.20. The minimum absolute atomic E-state index is 0.0254. The summed E-state index contributed by atoms with van der Waals surface area (Å²) in [6.07, 6.45) is 0.532. The number of nitrogens with two attached hydrogens (primary N) is 1. The third-order valence-corrected chi connectivity index (χ3v) is 5.62. The lowest BCUT2D eigenvalue weighted by Gasteiger charge is -2.20. The molecule has 0 radical (unpaired) electrons. The van der Waals surface area contributed by atoms with Crippen LogP contribution in [0.25, 0.3) is 11.3 Å². The predicted octanol–water partition coefficient (Wildman–Crippen LogP) is -0.196.